The number of carbonyl (C=O) groups excluding carboxylic acids is 1. The van der Waals surface area contributed by atoms with Crippen LogP contribution in [0.3, 0.4) is 0 Å². The van der Waals surface area contributed by atoms with Crippen molar-refractivity contribution in [3.63, 3.8) is 0 Å². The fourth-order valence-electron chi connectivity index (χ4n) is 2.72. The third-order valence-corrected chi connectivity index (χ3v) is 5.23. The van der Waals surface area contributed by atoms with Crippen molar-refractivity contribution in [2.45, 2.75) is 31.7 Å². The molecular weight excluding hydrogens is 401 g/mol. The van der Waals surface area contributed by atoms with Gasteiger partial charge in [-0.1, -0.05) is 42.5 Å². The van der Waals surface area contributed by atoms with Crippen LogP contribution in [0.2, 0.25) is 0 Å². The van der Waals surface area contributed by atoms with Gasteiger partial charge in [0.1, 0.15) is 0 Å². The highest BCUT2D eigenvalue weighted by molar-refractivity contribution is 7.18. The van der Waals surface area contributed by atoms with E-state index in [2.05, 4.69) is 16.4 Å². The zero-order valence-electron chi connectivity index (χ0n) is 15.0. The van der Waals surface area contributed by atoms with E-state index in [-0.39, 0.29) is 36.8 Å². The summed E-state index contributed by atoms with van der Waals surface area (Å²) in [5, 5.41) is 4.07. The molecule has 0 radical (unpaired) electrons. The number of halogens is 2. The predicted octanol–water partition coefficient (Wildman–Crippen LogP) is 4.67. The molecule has 3 N–H and O–H groups in total. The normalized spacial score (nSPS) is 11.3. The molecule has 27 heavy (non-hydrogen) atoms. The number of aryl methyl sites for hydroxylation is 1. The van der Waals surface area contributed by atoms with Gasteiger partial charge in [-0.05, 0) is 37.0 Å². The first-order valence-corrected chi connectivity index (χ1v) is 9.46. The molecule has 0 aliphatic carbocycles. The molecular formula is C20H25Cl2N3OS. The summed E-state index contributed by atoms with van der Waals surface area (Å²) in [4.78, 5) is 16.6. The molecule has 1 heterocycles. The van der Waals surface area contributed by atoms with Crippen LogP contribution in [0.1, 0.15) is 35.9 Å². The second-order valence-electron chi connectivity index (χ2n) is 6.10. The molecule has 1 atom stereocenters. The summed E-state index contributed by atoms with van der Waals surface area (Å²) in [6.07, 6.45) is 3.29. The molecule has 0 saturated heterocycles. The Labute approximate surface area is 176 Å². The molecule has 1 aromatic heterocycles. The number of nitrogens with zero attached hydrogens (tertiary/aromatic N) is 1. The first kappa shape index (κ1) is 23.4. The van der Waals surface area contributed by atoms with Crippen molar-refractivity contribution in [2.24, 2.45) is 5.73 Å². The van der Waals surface area contributed by atoms with Gasteiger partial charge in [0, 0.05) is 19.0 Å². The van der Waals surface area contributed by atoms with Gasteiger partial charge in [0.05, 0.1) is 15.2 Å². The van der Waals surface area contributed by atoms with Gasteiger partial charge in [0.2, 0.25) is 5.91 Å². The van der Waals surface area contributed by atoms with Crippen LogP contribution in [0, 0.1) is 0 Å². The zero-order valence-corrected chi connectivity index (χ0v) is 17.4. The summed E-state index contributed by atoms with van der Waals surface area (Å²) in [7, 11) is 0. The summed E-state index contributed by atoms with van der Waals surface area (Å²) in [5.41, 5.74) is 8.19. The fraction of sp³-hybridized carbons (Fsp3) is 0.300. The Bertz CT molecular complexity index is 793. The number of amides is 1. The maximum absolute atomic E-state index is 12.0. The van der Waals surface area contributed by atoms with E-state index in [0.29, 0.717) is 13.0 Å². The van der Waals surface area contributed by atoms with E-state index in [9.17, 15) is 4.79 Å². The second-order valence-corrected chi connectivity index (χ2v) is 7.22. The Balaban J connectivity index is 0.00000182. The van der Waals surface area contributed by atoms with Crippen molar-refractivity contribution in [1.29, 1.82) is 0 Å². The summed E-state index contributed by atoms with van der Waals surface area (Å²) >= 11 is 1.74. The number of hydrogen-bond acceptors (Lipinski definition) is 4. The standard InChI is InChI=1S/C20H23N3OS.2ClH/c21-16(15-8-2-1-3-9-15)14-22-19(24)12-6-7-13-20-23-17-10-4-5-11-18(17)25-20;;/h1-5,8-11,16H,6-7,12-14,21H2,(H,22,24);2*1H. The van der Waals surface area contributed by atoms with Crippen molar-refractivity contribution in [1.82, 2.24) is 10.3 Å². The lowest BCUT2D eigenvalue weighted by Crippen LogP contribution is -2.31. The predicted molar refractivity (Wildman–Crippen MR) is 118 cm³/mol. The van der Waals surface area contributed by atoms with Crippen LogP contribution in [0.15, 0.2) is 54.6 Å². The van der Waals surface area contributed by atoms with Crippen molar-refractivity contribution >= 4 is 52.3 Å². The van der Waals surface area contributed by atoms with Gasteiger partial charge >= 0.3 is 0 Å². The molecule has 1 unspecified atom stereocenters. The van der Waals surface area contributed by atoms with E-state index in [1.165, 1.54) is 4.70 Å². The zero-order chi connectivity index (χ0) is 17.5. The minimum Gasteiger partial charge on any atom is -0.354 e. The van der Waals surface area contributed by atoms with Crippen LogP contribution in [-0.2, 0) is 11.2 Å². The summed E-state index contributed by atoms with van der Waals surface area (Å²) < 4.78 is 1.23. The number of nitrogens with two attached hydrogens (primary N) is 1. The van der Waals surface area contributed by atoms with Crippen molar-refractivity contribution < 1.29 is 4.79 Å². The molecule has 146 valence electrons. The summed E-state index contributed by atoms with van der Waals surface area (Å²) in [5.74, 6) is 0.0654. The number of fused-ring (bicyclic) bond motifs is 1. The van der Waals surface area contributed by atoms with Gasteiger partial charge in [0.15, 0.2) is 0 Å². The van der Waals surface area contributed by atoms with Crippen LogP contribution in [0.25, 0.3) is 10.2 Å². The highest BCUT2D eigenvalue weighted by Crippen LogP contribution is 2.22. The van der Waals surface area contributed by atoms with Crippen LogP contribution in [-0.4, -0.2) is 17.4 Å². The number of thiazole rings is 1. The number of hydrogen-bond donors (Lipinski definition) is 2. The molecule has 4 nitrogen and oxygen atoms in total. The van der Waals surface area contributed by atoms with E-state index in [4.69, 9.17) is 5.73 Å². The molecule has 0 bridgehead atoms. The third-order valence-electron chi connectivity index (χ3n) is 4.13. The second kappa shape index (κ2) is 11.9. The van der Waals surface area contributed by atoms with Crippen molar-refractivity contribution in [3.05, 3.63) is 65.2 Å². The van der Waals surface area contributed by atoms with Gasteiger partial charge < -0.3 is 11.1 Å². The fourth-order valence-corrected chi connectivity index (χ4v) is 3.73. The molecule has 2 aromatic carbocycles. The Kier molecular flexibility index (Phi) is 10.3. The number of rotatable bonds is 8. The lowest BCUT2D eigenvalue weighted by atomic mass is 10.1. The molecule has 3 aromatic rings. The van der Waals surface area contributed by atoms with Gasteiger partial charge in [-0.3, -0.25) is 4.79 Å². The molecule has 1 amide bonds. The Hall–Kier alpha value is -1.66. The van der Waals surface area contributed by atoms with Crippen molar-refractivity contribution in [3.8, 4) is 0 Å². The molecule has 3 rings (SSSR count). The number of benzene rings is 2. The Morgan fingerprint density at radius 3 is 2.48 bits per heavy atom. The minimum atomic E-state index is -0.159. The topological polar surface area (TPSA) is 68.0 Å². The Morgan fingerprint density at radius 1 is 1.04 bits per heavy atom. The SMILES string of the molecule is Cl.Cl.NC(CNC(=O)CCCCc1nc2ccccc2s1)c1ccccc1. The molecule has 0 aliphatic heterocycles. The largest absolute Gasteiger partial charge is 0.354 e. The summed E-state index contributed by atoms with van der Waals surface area (Å²) in [6.45, 7) is 0.473. The van der Waals surface area contributed by atoms with E-state index in [1.54, 1.807) is 11.3 Å². The smallest absolute Gasteiger partial charge is 0.220 e. The number of nitrogens with one attached hydrogen (secondary N) is 1. The highest BCUT2D eigenvalue weighted by Gasteiger charge is 2.08. The lowest BCUT2D eigenvalue weighted by Gasteiger charge is -2.13. The average Bonchev–Trinajstić information content (AvgIpc) is 3.07. The van der Waals surface area contributed by atoms with Crippen LogP contribution >= 0.6 is 36.2 Å². The first-order valence-electron chi connectivity index (χ1n) is 8.64. The number of aromatic nitrogens is 1. The number of para-hydroxylation sites is 1. The van der Waals surface area contributed by atoms with E-state index >= 15 is 0 Å². The van der Waals surface area contributed by atoms with Crippen LogP contribution in [0.4, 0.5) is 0 Å². The monoisotopic (exact) mass is 425 g/mol. The highest BCUT2D eigenvalue weighted by atomic mass is 35.5. The minimum absolute atomic E-state index is 0. The quantitative estimate of drug-likeness (QED) is 0.515. The van der Waals surface area contributed by atoms with Gasteiger partial charge in [-0.15, -0.1) is 36.2 Å². The summed E-state index contributed by atoms with van der Waals surface area (Å²) in [6, 6.07) is 17.9. The van der Waals surface area contributed by atoms with E-state index in [1.807, 2.05) is 48.5 Å². The van der Waals surface area contributed by atoms with E-state index in [0.717, 1.165) is 35.4 Å². The van der Waals surface area contributed by atoms with Crippen LogP contribution < -0.4 is 11.1 Å². The molecule has 0 saturated carbocycles. The van der Waals surface area contributed by atoms with Gasteiger partial charge in [-0.25, -0.2) is 4.98 Å². The van der Waals surface area contributed by atoms with E-state index < -0.39 is 0 Å². The van der Waals surface area contributed by atoms with Gasteiger partial charge in [-0.2, -0.15) is 0 Å². The molecule has 0 spiro atoms. The number of carbonyl (C=O) groups is 1. The molecule has 0 fully saturated rings. The van der Waals surface area contributed by atoms with Crippen molar-refractivity contribution in [2.75, 3.05) is 6.54 Å². The number of unbranched alkanes of at least 4 members (excludes halogenated alkanes) is 1. The molecule has 0 aliphatic rings. The third kappa shape index (κ3) is 7.11. The maximum atomic E-state index is 12.0. The van der Waals surface area contributed by atoms with Gasteiger partial charge in [0.25, 0.3) is 0 Å². The molecule has 7 heteroatoms. The Morgan fingerprint density at radius 2 is 1.74 bits per heavy atom. The van der Waals surface area contributed by atoms with Crippen LogP contribution in [0.5, 0.6) is 0 Å². The first-order chi connectivity index (χ1) is 12.2. The maximum Gasteiger partial charge on any atom is 0.220 e. The lowest BCUT2D eigenvalue weighted by molar-refractivity contribution is -0.121. The average molecular weight is 426 g/mol.